The lowest BCUT2D eigenvalue weighted by atomic mass is 10.2. The Hall–Kier alpha value is -1.26. The minimum atomic E-state index is -0.155. The summed E-state index contributed by atoms with van der Waals surface area (Å²) >= 11 is 11.9. The largest absolute Gasteiger partial charge is 0.356 e. The van der Waals surface area contributed by atoms with Crippen LogP contribution in [0.25, 0.3) is 0 Å². The fourth-order valence-electron chi connectivity index (χ4n) is 2.07. The van der Waals surface area contributed by atoms with Crippen molar-refractivity contribution in [3.05, 3.63) is 28.2 Å². The van der Waals surface area contributed by atoms with Crippen molar-refractivity contribution in [2.24, 2.45) is 0 Å². The lowest BCUT2D eigenvalue weighted by molar-refractivity contribution is -0.121. The van der Waals surface area contributed by atoms with E-state index in [2.05, 4.69) is 12.2 Å². The summed E-state index contributed by atoms with van der Waals surface area (Å²) < 4.78 is 0. The highest BCUT2D eigenvalue weighted by molar-refractivity contribution is 6.35. The zero-order chi connectivity index (χ0) is 16.5. The summed E-state index contributed by atoms with van der Waals surface area (Å²) in [4.78, 5) is 25.1. The molecule has 122 valence electrons. The quantitative estimate of drug-likeness (QED) is 0.723. The van der Waals surface area contributed by atoms with E-state index in [0.29, 0.717) is 28.8 Å². The Morgan fingerprint density at radius 1 is 1.14 bits per heavy atom. The first-order chi connectivity index (χ1) is 10.4. The number of hydrogen-bond acceptors (Lipinski definition) is 2. The molecule has 0 atom stereocenters. The summed E-state index contributed by atoms with van der Waals surface area (Å²) in [6, 6.07) is 4.92. The fourth-order valence-corrected chi connectivity index (χ4v) is 2.58. The van der Waals surface area contributed by atoms with E-state index in [1.54, 1.807) is 18.2 Å². The molecule has 1 aromatic carbocycles. The molecule has 0 radical (unpaired) electrons. The van der Waals surface area contributed by atoms with Crippen LogP contribution in [0, 0.1) is 0 Å². The van der Waals surface area contributed by atoms with Crippen molar-refractivity contribution in [2.45, 2.75) is 39.5 Å². The Balaban J connectivity index is 2.58. The molecule has 4 nitrogen and oxygen atoms in total. The van der Waals surface area contributed by atoms with Crippen LogP contribution in [0.2, 0.25) is 10.0 Å². The van der Waals surface area contributed by atoms with Gasteiger partial charge < -0.3 is 10.2 Å². The molecule has 0 aliphatic carbocycles. The minimum Gasteiger partial charge on any atom is -0.356 e. The van der Waals surface area contributed by atoms with Gasteiger partial charge >= 0.3 is 0 Å². The lowest BCUT2D eigenvalue weighted by Crippen LogP contribution is -2.34. The number of carbonyl (C=O) groups is 2. The van der Waals surface area contributed by atoms with E-state index < -0.39 is 0 Å². The van der Waals surface area contributed by atoms with Crippen molar-refractivity contribution in [3.63, 3.8) is 0 Å². The average molecular weight is 345 g/mol. The van der Waals surface area contributed by atoms with E-state index in [1.165, 1.54) is 11.8 Å². The van der Waals surface area contributed by atoms with Gasteiger partial charge in [0.1, 0.15) is 0 Å². The Bertz CT molecular complexity index is 501. The Morgan fingerprint density at radius 2 is 1.77 bits per heavy atom. The van der Waals surface area contributed by atoms with Gasteiger partial charge in [-0.15, -0.1) is 0 Å². The maximum atomic E-state index is 11.8. The number of nitrogens with one attached hydrogen (secondary N) is 1. The summed E-state index contributed by atoms with van der Waals surface area (Å²) in [7, 11) is 0. The van der Waals surface area contributed by atoms with E-state index in [1.807, 2.05) is 0 Å². The van der Waals surface area contributed by atoms with Gasteiger partial charge in [0, 0.05) is 42.2 Å². The van der Waals surface area contributed by atoms with Gasteiger partial charge in [-0.2, -0.15) is 0 Å². The van der Waals surface area contributed by atoms with Crippen molar-refractivity contribution in [1.29, 1.82) is 0 Å². The first-order valence-electron chi connectivity index (χ1n) is 7.45. The summed E-state index contributed by atoms with van der Waals surface area (Å²) in [5.74, 6) is -0.215. The van der Waals surface area contributed by atoms with Gasteiger partial charge in [-0.25, -0.2) is 0 Å². The highest BCUT2D eigenvalue weighted by Crippen LogP contribution is 2.25. The minimum absolute atomic E-state index is 0.0597. The zero-order valence-corrected chi connectivity index (χ0v) is 14.5. The summed E-state index contributed by atoms with van der Waals surface area (Å²) in [6.45, 7) is 4.54. The molecular weight excluding hydrogens is 323 g/mol. The molecule has 0 heterocycles. The van der Waals surface area contributed by atoms with Crippen LogP contribution >= 0.6 is 23.2 Å². The van der Waals surface area contributed by atoms with E-state index >= 15 is 0 Å². The lowest BCUT2D eigenvalue weighted by Gasteiger charge is -2.21. The Labute approximate surface area is 141 Å². The smallest absolute Gasteiger partial charge is 0.223 e. The number of hydrogen-bond donors (Lipinski definition) is 1. The van der Waals surface area contributed by atoms with Gasteiger partial charge in [0.25, 0.3) is 0 Å². The highest BCUT2D eigenvalue weighted by Gasteiger charge is 2.14. The van der Waals surface area contributed by atoms with Crippen LogP contribution in [0.3, 0.4) is 0 Å². The second kappa shape index (κ2) is 9.70. The summed E-state index contributed by atoms with van der Waals surface area (Å²) in [5, 5.41) is 3.77. The normalized spacial score (nSPS) is 10.4. The van der Waals surface area contributed by atoms with Crippen molar-refractivity contribution in [1.82, 2.24) is 5.32 Å². The SMILES string of the molecule is CCCCCNC(=O)CCN(C(C)=O)c1cc(Cl)cc(Cl)c1. The zero-order valence-electron chi connectivity index (χ0n) is 13.0. The third-order valence-corrected chi connectivity index (χ3v) is 3.64. The Kier molecular flexibility index (Phi) is 8.28. The average Bonchev–Trinajstić information content (AvgIpc) is 2.42. The molecule has 0 unspecified atom stereocenters. The molecule has 0 bridgehead atoms. The first-order valence-corrected chi connectivity index (χ1v) is 8.20. The van der Waals surface area contributed by atoms with Crippen molar-refractivity contribution in [3.8, 4) is 0 Å². The van der Waals surface area contributed by atoms with Gasteiger partial charge in [0.05, 0.1) is 0 Å². The molecule has 0 aliphatic rings. The van der Waals surface area contributed by atoms with Crippen LogP contribution in [-0.2, 0) is 9.59 Å². The molecule has 1 N–H and O–H groups in total. The van der Waals surface area contributed by atoms with Crippen LogP contribution < -0.4 is 10.2 Å². The highest BCUT2D eigenvalue weighted by atomic mass is 35.5. The van der Waals surface area contributed by atoms with Crippen LogP contribution in [0.1, 0.15) is 39.5 Å². The molecule has 6 heteroatoms. The fraction of sp³-hybridized carbons (Fsp3) is 0.500. The van der Waals surface area contributed by atoms with Crippen LogP contribution in [0.5, 0.6) is 0 Å². The molecule has 2 amide bonds. The van der Waals surface area contributed by atoms with Crippen molar-refractivity contribution >= 4 is 40.7 Å². The van der Waals surface area contributed by atoms with Gasteiger partial charge in [-0.1, -0.05) is 43.0 Å². The van der Waals surface area contributed by atoms with Crippen molar-refractivity contribution in [2.75, 3.05) is 18.0 Å². The van der Waals surface area contributed by atoms with E-state index in [0.717, 1.165) is 19.3 Å². The van der Waals surface area contributed by atoms with Crippen LogP contribution in [0.4, 0.5) is 5.69 Å². The van der Waals surface area contributed by atoms with Crippen molar-refractivity contribution < 1.29 is 9.59 Å². The monoisotopic (exact) mass is 344 g/mol. The standard InChI is InChI=1S/C16H22Cl2N2O2/c1-3-4-5-7-19-16(22)6-8-20(12(2)21)15-10-13(17)9-14(18)11-15/h9-11H,3-8H2,1-2H3,(H,19,22). The van der Waals surface area contributed by atoms with E-state index in [-0.39, 0.29) is 18.2 Å². The number of benzene rings is 1. The molecule has 0 saturated heterocycles. The van der Waals surface area contributed by atoms with E-state index in [9.17, 15) is 9.59 Å². The molecule has 1 aromatic rings. The third kappa shape index (κ3) is 6.67. The number of nitrogens with zero attached hydrogens (tertiary/aromatic N) is 1. The number of amides is 2. The predicted octanol–water partition coefficient (Wildman–Crippen LogP) is 4.04. The number of anilines is 1. The second-order valence-electron chi connectivity index (χ2n) is 5.11. The summed E-state index contributed by atoms with van der Waals surface area (Å²) in [6.07, 6.45) is 3.43. The summed E-state index contributed by atoms with van der Waals surface area (Å²) in [5.41, 5.74) is 0.601. The van der Waals surface area contributed by atoms with Gasteiger partial charge in [-0.05, 0) is 24.6 Å². The maximum absolute atomic E-state index is 11.8. The first kappa shape index (κ1) is 18.8. The number of unbranched alkanes of at least 4 members (excludes halogenated alkanes) is 2. The molecule has 0 aliphatic heterocycles. The number of halogens is 2. The molecule has 0 aromatic heterocycles. The topological polar surface area (TPSA) is 49.4 Å². The van der Waals surface area contributed by atoms with Gasteiger partial charge in [0.2, 0.25) is 11.8 Å². The number of carbonyl (C=O) groups excluding carboxylic acids is 2. The van der Waals surface area contributed by atoms with Gasteiger partial charge in [-0.3, -0.25) is 9.59 Å². The molecule has 0 saturated carbocycles. The molecule has 1 rings (SSSR count). The molecule has 0 spiro atoms. The predicted molar refractivity (Wildman–Crippen MR) is 91.6 cm³/mol. The van der Waals surface area contributed by atoms with E-state index in [4.69, 9.17) is 23.2 Å². The molecular formula is C16H22Cl2N2O2. The van der Waals surface area contributed by atoms with Crippen LogP contribution in [0.15, 0.2) is 18.2 Å². The second-order valence-corrected chi connectivity index (χ2v) is 5.98. The maximum Gasteiger partial charge on any atom is 0.223 e. The Morgan fingerprint density at radius 3 is 2.32 bits per heavy atom. The number of rotatable bonds is 8. The molecule has 22 heavy (non-hydrogen) atoms. The third-order valence-electron chi connectivity index (χ3n) is 3.20. The van der Waals surface area contributed by atoms with Gasteiger partial charge in [0.15, 0.2) is 0 Å². The van der Waals surface area contributed by atoms with Crippen LogP contribution in [-0.4, -0.2) is 24.9 Å². The molecule has 0 fully saturated rings.